The molecule has 0 radical (unpaired) electrons. The molecule has 1 aliphatic heterocycles. The molecule has 0 aliphatic carbocycles. The summed E-state index contributed by atoms with van der Waals surface area (Å²) in [5.74, 6) is -0.218. The van der Waals surface area contributed by atoms with Crippen molar-refractivity contribution in [2.45, 2.75) is 0 Å². The van der Waals surface area contributed by atoms with Crippen molar-refractivity contribution in [3.8, 4) is 11.1 Å². The van der Waals surface area contributed by atoms with Crippen LogP contribution in [0, 0.1) is 0 Å². The number of hydrogen-bond donors (Lipinski definition) is 2. The minimum Gasteiger partial charge on any atom is -0.366 e. The molecule has 4 aromatic rings. The third-order valence-corrected chi connectivity index (χ3v) is 6.77. The summed E-state index contributed by atoms with van der Waals surface area (Å²) in [5, 5.41) is 6.20. The van der Waals surface area contributed by atoms with Crippen LogP contribution in [0.15, 0.2) is 109 Å². The summed E-state index contributed by atoms with van der Waals surface area (Å²) in [6.45, 7) is 2.65. The van der Waals surface area contributed by atoms with Gasteiger partial charge in [-0.1, -0.05) is 72.8 Å². The Morgan fingerprint density at radius 3 is 1.89 bits per heavy atom. The third kappa shape index (κ3) is 5.90. The number of rotatable bonds is 5. The molecule has 5 rings (SSSR count). The molecule has 7 heteroatoms. The first-order chi connectivity index (χ1) is 18.6. The Morgan fingerprint density at radius 2 is 1.21 bits per heavy atom. The first-order valence-electron chi connectivity index (χ1n) is 12.5. The number of amides is 2. The van der Waals surface area contributed by atoms with Crippen LogP contribution in [0.1, 0.15) is 20.7 Å². The summed E-state index contributed by atoms with van der Waals surface area (Å²) < 4.78 is 0. The van der Waals surface area contributed by atoms with Crippen molar-refractivity contribution in [1.82, 2.24) is 10.2 Å². The molecule has 2 amide bonds. The summed E-state index contributed by atoms with van der Waals surface area (Å²) in [6.07, 6.45) is 0. The molecule has 0 bridgehead atoms. The normalized spacial score (nSPS) is 13.1. The summed E-state index contributed by atoms with van der Waals surface area (Å²) in [4.78, 5) is 29.7. The Kier molecular flexibility index (Phi) is 7.75. The van der Waals surface area contributed by atoms with E-state index in [2.05, 4.69) is 15.5 Å². The average Bonchev–Trinajstić information content (AvgIpc) is 2.98. The fourth-order valence-electron chi connectivity index (χ4n) is 4.54. The second-order valence-corrected chi connectivity index (χ2v) is 9.42. The second-order valence-electron chi connectivity index (χ2n) is 9.01. The Hall–Kier alpha value is -4.49. The van der Waals surface area contributed by atoms with Gasteiger partial charge < -0.3 is 15.1 Å². The van der Waals surface area contributed by atoms with Crippen molar-refractivity contribution in [3.63, 3.8) is 0 Å². The zero-order chi connectivity index (χ0) is 26.3. The maximum atomic E-state index is 12.8. The van der Waals surface area contributed by atoms with Gasteiger partial charge in [-0.2, -0.15) is 0 Å². The quantitative estimate of drug-likeness (QED) is 0.343. The molecule has 0 spiro atoms. The van der Waals surface area contributed by atoms with Gasteiger partial charge in [-0.3, -0.25) is 14.9 Å². The van der Waals surface area contributed by atoms with E-state index in [0.29, 0.717) is 37.3 Å². The van der Waals surface area contributed by atoms with Gasteiger partial charge in [-0.15, -0.1) is 0 Å². The first kappa shape index (κ1) is 25.2. The van der Waals surface area contributed by atoms with Gasteiger partial charge in [0.2, 0.25) is 0 Å². The van der Waals surface area contributed by atoms with Crippen molar-refractivity contribution in [3.05, 3.63) is 120 Å². The number of benzene rings is 4. The fraction of sp³-hybridized carbons (Fsp3) is 0.129. The molecule has 0 unspecified atom stereocenters. The van der Waals surface area contributed by atoms with E-state index in [1.54, 1.807) is 12.1 Å². The van der Waals surface area contributed by atoms with E-state index >= 15 is 0 Å². The maximum Gasteiger partial charge on any atom is 0.257 e. The Labute approximate surface area is 227 Å². The molecule has 1 aliphatic rings. The van der Waals surface area contributed by atoms with E-state index < -0.39 is 0 Å². The lowest BCUT2D eigenvalue weighted by atomic mass is 10.0. The number of nitrogens with zero attached hydrogens (tertiary/aromatic N) is 2. The van der Waals surface area contributed by atoms with Crippen LogP contribution in [-0.4, -0.2) is 48.0 Å². The zero-order valence-corrected chi connectivity index (χ0v) is 21.7. The van der Waals surface area contributed by atoms with E-state index in [1.807, 2.05) is 102 Å². The first-order valence-corrected chi connectivity index (χ1v) is 13.0. The summed E-state index contributed by atoms with van der Waals surface area (Å²) >= 11 is 5.47. The van der Waals surface area contributed by atoms with Crippen LogP contribution in [0.4, 0.5) is 11.4 Å². The van der Waals surface area contributed by atoms with E-state index in [1.165, 1.54) is 0 Å². The van der Waals surface area contributed by atoms with Gasteiger partial charge in [0, 0.05) is 37.3 Å². The Balaban J connectivity index is 1.19. The average molecular weight is 521 g/mol. The summed E-state index contributed by atoms with van der Waals surface area (Å²) in [6, 6.07) is 34.7. The SMILES string of the molecule is O=C(NC(=S)Nc1ccccc1N1CCN(C(=O)c2ccccc2)CC1)c1ccc(-c2ccccc2)cc1. The van der Waals surface area contributed by atoms with Gasteiger partial charge in [0.15, 0.2) is 5.11 Å². The number of carbonyl (C=O) groups is 2. The highest BCUT2D eigenvalue weighted by atomic mass is 32.1. The molecule has 0 saturated carbocycles. The predicted octanol–water partition coefficient (Wildman–Crippen LogP) is 5.44. The minimum absolute atomic E-state index is 0.0531. The molecular weight excluding hydrogens is 492 g/mol. The lowest BCUT2D eigenvalue weighted by Gasteiger charge is -2.37. The van der Waals surface area contributed by atoms with E-state index in [-0.39, 0.29) is 16.9 Å². The molecule has 0 atom stereocenters. The molecule has 2 N–H and O–H groups in total. The van der Waals surface area contributed by atoms with Crippen LogP contribution in [0.5, 0.6) is 0 Å². The lowest BCUT2D eigenvalue weighted by Crippen LogP contribution is -2.49. The summed E-state index contributed by atoms with van der Waals surface area (Å²) in [7, 11) is 0. The van der Waals surface area contributed by atoms with Gasteiger partial charge in [0.1, 0.15) is 0 Å². The van der Waals surface area contributed by atoms with Crippen molar-refractivity contribution in [2.75, 3.05) is 36.4 Å². The maximum absolute atomic E-state index is 12.8. The number of thiocarbonyl (C=S) groups is 1. The minimum atomic E-state index is -0.271. The van der Waals surface area contributed by atoms with Gasteiger partial charge >= 0.3 is 0 Å². The highest BCUT2D eigenvalue weighted by Crippen LogP contribution is 2.27. The summed E-state index contributed by atoms with van der Waals surface area (Å²) in [5.41, 5.74) is 5.16. The number of hydrogen-bond acceptors (Lipinski definition) is 4. The molecule has 6 nitrogen and oxygen atoms in total. The zero-order valence-electron chi connectivity index (χ0n) is 20.8. The Morgan fingerprint density at radius 1 is 0.632 bits per heavy atom. The van der Waals surface area contributed by atoms with E-state index in [4.69, 9.17) is 12.2 Å². The standard InChI is InChI=1S/C31H28N4O2S/c36-29(25-17-15-24(16-18-25)23-9-3-1-4-10-23)33-31(38)32-27-13-7-8-14-28(27)34-19-21-35(22-20-34)30(37)26-11-5-2-6-12-26/h1-18H,19-22H2,(H2,32,33,36,38). The smallest absolute Gasteiger partial charge is 0.257 e. The molecule has 38 heavy (non-hydrogen) atoms. The van der Waals surface area contributed by atoms with Crippen molar-refractivity contribution in [2.24, 2.45) is 0 Å². The number of carbonyl (C=O) groups excluding carboxylic acids is 2. The van der Waals surface area contributed by atoms with Crippen LogP contribution in [0.2, 0.25) is 0 Å². The molecule has 1 fully saturated rings. The van der Waals surface area contributed by atoms with E-state index in [9.17, 15) is 9.59 Å². The van der Waals surface area contributed by atoms with Crippen LogP contribution < -0.4 is 15.5 Å². The number of piperazine rings is 1. The predicted molar refractivity (Wildman–Crippen MR) is 157 cm³/mol. The van der Waals surface area contributed by atoms with Gasteiger partial charge in [-0.05, 0) is 59.7 Å². The van der Waals surface area contributed by atoms with Crippen molar-refractivity contribution >= 4 is 40.5 Å². The second kappa shape index (κ2) is 11.7. The molecule has 1 saturated heterocycles. The Bertz CT molecular complexity index is 1420. The topological polar surface area (TPSA) is 64.7 Å². The fourth-order valence-corrected chi connectivity index (χ4v) is 4.74. The lowest BCUT2D eigenvalue weighted by molar-refractivity contribution is 0.0746. The van der Waals surface area contributed by atoms with Gasteiger partial charge in [0.25, 0.3) is 11.8 Å². The molecule has 0 aromatic heterocycles. The number of para-hydroxylation sites is 2. The third-order valence-electron chi connectivity index (χ3n) is 6.56. The monoisotopic (exact) mass is 520 g/mol. The van der Waals surface area contributed by atoms with Crippen molar-refractivity contribution < 1.29 is 9.59 Å². The largest absolute Gasteiger partial charge is 0.366 e. The van der Waals surface area contributed by atoms with E-state index in [0.717, 1.165) is 22.5 Å². The highest BCUT2D eigenvalue weighted by molar-refractivity contribution is 7.80. The van der Waals surface area contributed by atoms with Crippen LogP contribution >= 0.6 is 12.2 Å². The molecular formula is C31H28N4O2S. The number of anilines is 2. The van der Waals surface area contributed by atoms with Gasteiger partial charge in [-0.25, -0.2) is 0 Å². The molecule has 190 valence electrons. The van der Waals surface area contributed by atoms with Crippen molar-refractivity contribution in [1.29, 1.82) is 0 Å². The van der Waals surface area contributed by atoms with Crippen LogP contribution in [-0.2, 0) is 0 Å². The van der Waals surface area contributed by atoms with Crippen LogP contribution in [0.3, 0.4) is 0 Å². The molecule has 4 aromatic carbocycles. The number of nitrogens with one attached hydrogen (secondary N) is 2. The molecule has 1 heterocycles. The van der Waals surface area contributed by atoms with Gasteiger partial charge in [0.05, 0.1) is 11.4 Å². The van der Waals surface area contributed by atoms with Crippen LogP contribution in [0.25, 0.3) is 11.1 Å². The highest BCUT2D eigenvalue weighted by Gasteiger charge is 2.23.